The summed E-state index contributed by atoms with van der Waals surface area (Å²) in [7, 11) is 3.20. The first-order chi connectivity index (χ1) is 5.70. The average molecular weight is 177 g/mol. The van der Waals surface area contributed by atoms with Crippen molar-refractivity contribution >= 4 is 0 Å². The molecule has 1 atom stereocenters. The zero-order valence-electron chi connectivity index (χ0n) is 8.04. The van der Waals surface area contributed by atoms with Crippen LogP contribution < -0.4 is 5.32 Å². The maximum Gasteiger partial charge on any atom is 0.169 e. The van der Waals surface area contributed by atoms with Gasteiger partial charge in [-0.3, -0.25) is 0 Å². The molecule has 0 heterocycles. The van der Waals surface area contributed by atoms with Crippen LogP contribution in [0.25, 0.3) is 0 Å². The van der Waals surface area contributed by atoms with E-state index in [2.05, 4.69) is 5.32 Å². The zero-order chi connectivity index (χ0) is 9.40. The molecule has 0 aromatic heterocycles. The van der Waals surface area contributed by atoms with Crippen molar-refractivity contribution in [2.24, 2.45) is 0 Å². The lowest BCUT2D eigenvalue weighted by Crippen LogP contribution is -2.31. The molecule has 0 amide bonds. The second-order valence-electron chi connectivity index (χ2n) is 2.74. The predicted octanol–water partition coefficient (Wildman–Crippen LogP) is -0.0342. The van der Waals surface area contributed by atoms with Crippen LogP contribution in [0.3, 0.4) is 0 Å². The monoisotopic (exact) mass is 177 g/mol. The fraction of sp³-hybridized carbons (Fsp3) is 1.00. The highest BCUT2D eigenvalue weighted by Gasteiger charge is 2.03. The summed E-state index contributed by atoms with van der Waals surface area (Å²) < 4.78 is 9.92. The smallest absolute Gasteiger partial charge is 0.169 e. The fourth-order valence-corrected chi connectivity index (χ4v) is 0.794. The zero-order valence-corrected chi connectivity index (χ0v) is 8.04. The summed E-state index contributed by atoms with van der Waals surface area (Å²) in [5, 5.41) is 12.0. The molecule has 0 fully saturated rings. The molecule has 0 rings (SSSR count). The Balaban J connectivity index is 3.17. The van der Waals surface area contributed by atoms with Crippen LogP contribution in [0.1, 0.15) is 13.3 Å². The lowest BCUT2D eigenvalue weighted by molar-refractivity contribution is -0.0988. The molecule has 12 heavy (non-hydrogen) atoms. The molecule has 0 bridgehead atoms. The van der Waals surface area contributed by atoms with Crippen molar-refractivity contribution in [1.29, 1.82) is 0 Å². The molecule has 0 aliphatic rings. The number of hydrogen-bond acceptors (Lipinski definition) is 4. The van der Waals surface area contributed by atoms with E-state index in [1.54, 1.807) is 21.1 Å². The third-order valence-corrected chi connectivity index (χ3v) is 1.58. The van der Waals surface area contributed by atoms with E-state index in [-0.39, 0.29) is 12.4 Å². The van der Waals surface area contributed by atoms with Crippen molar-refractivity contribution in [3.8, 4) is 0 Å². The second kappa shape index (κ2) is 7.49. The van der Waals surface area contributed by atoms with Gasteiger partial charge in [0.15, 0.2) is 6.29 Å². The van der Waals surface area contributed by atoms with Crippen molar-refractivity contribution in [1.82, 2.24) is 5.32 Å². The maximum atomic E-state index is 8.93. The summed E-state index contributed by atoms with van der Waals surface area (Å²) >= 11 is 0. The molecule has 74 valence electrons. The summed E-state index contributed by atoms with van der Waals surface area (Å²) in [4.78, 5) is 0. The van der Waals surface area contributed by atoms with E-state index < -0.39 is 0 Å². The summed E-state index contributed by atoms with van der Waals surface area (Å²) in [6.45, 7) is 3.20. The van der Waals surface area contributed by atoms with Crippen molar-refractivity contribution in [2.45, 2.75) is 25.7 Å². The van der Waals surface area contributed by atoms with Gasteiger partial charge in [-0.25, -0.2) is 0 Å². The molecule has 4 heteroatoms. The topological polar surface area (TPSA) is 50.7 Å². The highest BCUT2D eigenvalue weighted by molar-refractivity contribution is 4.53. The average Bonchev–Trinajstić information content (AvgIpc) is 2.04. The SMILES string of the molecule is COC(CNCCC(C)O)OC. The number of nitrogens with one attached hydrogen (secondary N) is 1. The van der Waals surface area contributed by atoms with E-state index in [9.17, 15) is 0 Å². The number of aliphatic hydroxyl groups is 1. The normalized spacial score (nSPS) is 13.8. The summed E-state index contributed by atoms with van der Waals surface area (Å²) in [6.07, 6.45) is 0.306. The van der Waals surface area contributed by atoms with Gasteiger partial charge in [-0.2, -0.15) is 0 Å². The summed E-state index contributed by atoms with van der Waals surface area (Å²) in [5.41, 5.74) is 0. The van der Waals surface area contributed by atoms with Crippen molar-refractivity contribution in [3.63, 3.8) is 0 Å². The standard InChI is InChI=1S/C8H19NO3/c1-7(10)4-5-9-6-8(11-2)12-3/h7-10H,4-6H2,1-3H3. The Hall–Kier alpha value is -0.160. The molecule has 0 aromatic carbocycles. The minimum Gasteiger partial charge on any atom is -0.393 e. The van der Waals surface area contributed by atoms with Gasteiger partial charge in [0, 0.05) is 20.8 Å². The van der Waals surface area contributed by atoms with Crippen molar-refractivity contribution in [3.05, 3.63) is 0 Å². The van der Waals surface area contributed by atoms with Gasteiger partial charge in [0.1, 0.15) is 0 Å². The second-order valence-corrected chi connectivity index (χ2v) is 2.74. The van der Waals surface area contributed by atoms with Gasteiger partial charge in [-0.05, 0) is 19.9 Å². The van der Waals surface area contributed by atoms with Crippen LogP contribution in [-0.2, 0) is 9.47 Å². The van der Waals surface area contributed by atoms with Crippen LogP contribution in [0.15, 0.2) is 0 Å². The Morgan fingerprint density at radius 3 is 2.33 bits per heavy atom. The highest BCUT2D eigenvalue weighted by Crippen LogP contribution is 1.89. The Morgan fingerprint density at radius 2 is 1.92 bits per heavy atom. The van der Waals surface area contributed by atoms with E-state index in [1.165, 1.54) is 0 Å². The molecule has 0 aromatic rings. The molecule has 4 nitrogen and oxygen atoms in total. The molecule has 0 aliphatic heterocycles. The number of methoxy groups -OCH3 is 2. The molecular formula is C8H19NO3. The Bertz CT molecular complexity index is 94.3. The van der Waals surface area contributed by atoms with Crippen molar-refractivity contribution < 1.29 is 14.6 Å². The summed E-state index contributed by atoms with van der Waals surface area (Å²) in [6, 6.07) is 0. The Labute approximate surface area is 73.9 Å². The van der Waals surface area contributed by atoms with Gasteiger partial charge >= 0.3 is 0 Å². The Morgan fingerprint density at radius 1 is 1.33 bits per heavy atom. The molecular weight excluding hydrogens is 158 g/mol. The number of aliphatic hydroxyl groups excluding tert-OH is 1. The summed E-state index contributed by atoms with van der Waals surface area (Å²) in [5.74, 6) is 0. The van der Waals surface area contributed by atoms with Gasteiger partial charge in [-0.1, -0.05) is 0 Å². The predicted molar refractivity (Wildman–Crippen MR) is 47.0 cm³/mol. The van der Waals surface area contributed by atoms with Crippen LogP contribution >= 0.6 is 0 Å². The van der Waals surface area contributed by atoms with Crippen molar-refractivity contribution in [2.75, 3.05) is 27.3 Å². The molecule has 0 spiro atoms. The molecule has 0 saturated heterocycles. The Kier molecular flexibility index (Phi) is 7.39. The minimum atomic E-state index is -0.249. The van der Waals surface area contributed by atoms with E-state index in [4.69, 9.17) is 14.6 Å². The van der Waals surface area contributed by atoms with E-state index in [1.807, 2.05) is 0 Å². The molecule has 1 unspecified atom stereocenters. The van der Waals surface area contributed by atoms with Gasteiger partial charge in [0.25, 0.3) is 0 Å². The third-order valence-electron chi connectivity index (χ3n) is 1.58. The molecule has 0 aliphatic carbocycles. The first-order valence-electron chi connectivity index (χ1n) is 4.15. The quantitative estimate of drug-likeness (QED) is 0.423. The maximum absolute atomic E-state index is 8.93. The number of hydrogen-bond donors (Lipinski definition) is 2. The van der Waals surface area contributed by atoms with Crippen LogP contribution in [0.4, 0.5) is 0 Å². The fourth-order valence-electron chi connectivity index (χ4n) is 0.794. The lowest BCUT2D eigenvalue weighted by atomic mass is 10.3. The number of rotatable bonds is 7. The van der Waals surface area contributed by atoms with E-state index in [0.717, 1.165) is 13.0 Å². The minimum absolute atomic E-state index is 0.195. The van der Waals surface area contributed by atoms with Gasteiger partial charge in [0.05, 0.1) is 6.10 Å². The van der Waals surface area contributed by atoms with Gasteiger partial charge in [0.2, 0.25) is 0 Å². The van der Waals surface area contributed by atoms with Crippen LogP contribution in [0, 0.1) is 0 Å². The molecule has 2 N–H and O–H groups in total. The number of ether oxygens (including phenoxy) is 2. The lowest BCUT2D eigenvalue weighted by Gasteiger charge is -2.14. The highest BCUT2D eigenvalue weighted by atomic mass is 16.7. The first-order valence-corrected chi connectivity index (χ1v) is 4.15. The van der Waals surface area contributed by atoms with E-state index in [0.29, 0.717) is 6.54 Å². The van der Waals surface area contributed by atoms with Crippen LogP contribution in [-0.4, -0.2) is 44.8 Å². The largest absolute Gasteiger partial charge is 0.393 e. The van der Waals surface area contributed by atoms with Gasteiger partial charge in [-0.15, -0.1) is 0 Å². The van der Waals surface area contributed by atoms with Crippen LogP contribution in [0.2, 0.25) is 0 Å². The molecule has 0 saturated carbocycles. The van der Waals surface area contributed by atoms with Crippen LogP contribution in [0.5, 0.6) is 0 Å². The van der Waals surface area contributed by atoms with E-state index >= 15 is 0 Å². The first kappa shape index (κ1) is 11.8. The third kappa shape index (κ3) is 6.54. The van der Waals surface area contributed by atoms with Gasteiger partial charge < -0.3 is 19.9 Å². The molecule has 0 radical (unpaired) electrons.